The van der Waals surface area contributed by atoms with Crippen LogP contribution in [0.1, 0.15) is 60.3 Å². The summed E-state index contributed by atoms with van der Waals surface area (Å²) in [5, 5.41) is 25.3. The van der Waals surface area contributed by atoms with Gasteiger partial charge in [0.2, 0.25) is 0 Å². The maximum absolute atomic E-state index is 10.7. The van der Waals surface area contributed by atoms with Gasteiger partial charge in [-0.1, -0.05) is 59.9 Å². The molecule has 3 N–H and O–H groups in total. The van der Waals surface area contributed by atoms with Crippen molar-refractivity contribution < 1.29 is 39.2 Å². The molecule has 0 saturated carbocycles. The Kier molecular flexibility index (Phi) is 20.7. The summed E-state index contributed by atoms with van der Waals surface area (Å²) in [7, 11) is 0. The van der Waals surface area contributed by atoms with Gasteiger partial charge in [0.1, 0.15) is 0 Å². The first-order chi connectivity index (χ1) is 14.7. The molecule has 0 aliphatic heterocycles. The Morgan fingerprint density at radius 1 is 0.969 bits per heavy atom. The minimum absolute atomic E-state index is 0.0289. The topological polar surface area (TPSA) is 138 Å². The van der Waals surface area contributed by atoms with Gasteiger partial charge in [-0.2, -0.15) is 0 Å². The van der Waals surface area contributed by atoms with Crippen molar-refractivity contribution >= 4 is 23.9 Å². The maximum atomic E-state index is 10.7. The molecule has 0 saturated heterocycles. The fourth-order valence-electron chi connectivity index (χ4n) is 1.79. The molecule has 0 fully saturated rings. The van der Waals surface area contributed by atoms with Gasteiger partial charge in [0, 0.05) is 28.7 Å². The van der Waals surface area contributed by atoms with Gasteiger partial charge in [-0.15, -0.1) is 0 Å². The molecule has 1 atom stereocenters. The van der Waals surface area contributed by atoms with Crippen LogP contribution in [0.2, 0.25) is 0 Å². The Balaban J connectivity index is -0.000000427. The van der Waals surface area contributed by atoms with Crippen LogP contribution in [-0.2, 0) is 23.9 Å². The number of esters is 1. The number of allylic oxidation sites excluding steroid dienone is 1. The van der Waals surface area contributed by atoms with E-state index in [2.05, 4.69) is 26.7 Å². The van der Waals surface area contributed by atoms with Crippen molar-refractivity contribution in [2.45, 2.75) is 60.3 Å². The normalized spacial score (nSPS) is 10.7. The molecule has 0 aromatic carbocycles. The first-order valence-corrected chi connectivity index (χ1v) is 10.3. The number of carbonyl (C=O) groups excluding carboxylic acids is 1. The van der Waals surface area contributed by atoms with Crippen molar-refractivity contribution in [3.8, 4) is 0 Å². The van der Waals surface area contributed by atoms with Gasteiger partial charge in [0.25, 0.3) is 0 Å². The summed E-state index contributed by atoms with van der Waals surface area (Å²) in [6, 6.07) is 0. The van der Waals surface area contributed by atoms with Crippen LogP contribution >= 0.6 is 0 Å². The van der Waals surface area contributed by atoms with E-state index < -0.39 is 23.8 Å². The third-order valence-corrected chi connectivity index (χ3v) is 3.73. The highest BCUT2D eigenvalue weighted by atomic mass is 16.5. The molecule has 8 heteroatoms. The average molecular weight is 455 g/mol. The smallest absolute Gasteiger partial charge is 0.333 e. The minimum Gasteiger partial charge on any atom is -0.478 e. The highest BCUT2D eigenvalue weighted by Gasteiger charge is 2.17. The molecule has 0 aliphatic rings. The molecule has 1 unspecified atom stereocenters. The van der Waals surface area contributed by atoms with Gasteiger partial charge in [0.05, 0.1) is 6.61 Å². The molecule has 0 spiro atoms. The number of rotatable bonds is 12. The van der Waals surface area contributed by atoms with Gasteiger partial charge >= 0.3 is 23.9 Å². The predicted octanol–water partition coefficient (Wildman–Crippen LogP) is 4.87. The molecular formula is C24H38O8. The van der Waals surface area contributed by atoms with E-state index in [1.54, 1.807) is 13.8 Å². The molecule has 32 heavy (non-hydrogen) atoms. The first kappa shape index (κ1) is 33.5. The quantitative estimate of drug-likeness (QED) is 0.216. The Hall–Kier alpha value is -3.16. The highest BCUT2D eigenvalue weighted by Crippen LogP contribution is 2.20. The van der Waals surface area contributed by atoms with E-state index in [4.69, 9.17) is 20.1 Å². The molecule has 0 heterocycles. The summed E-state index contributed by atoms with van der Waals surface area (Å²) in [4.78, 5) is 41.5. The Morgan fingerprint density at radius 3 is 1.78 bits per heavy atom. The second-order valence-electron chi connectivity index (χ2n) is 7.30. The van der Waals surface area contributed by atoms with Crippen LogP contribution in [0, 0.1) is 11.8 Å². The van der Waals surface area contributed by atoms with E-state index in [0.29, 0.717) is 25.0 Å². The van der Waals surface area contributed by atoms with Crippen molar-refractivity contribution in [1.29, 1.82) is 0 Å². The largest absolute Gasteiger partial charge is 0.478 e. The summed E-state index contributed by atoms with van der Waals surface area (Å²) in [5.41, 5.74) is 0.761. The predicted molar refractivity (Wildman–Crippen MR) is 124 cm³/mol. The second kappa shape index (κ2) is 19.8. The standard InChI is InChI=1S/C11H16O4.C8H14O2.C5H8O2/c1-7(2)6-9(4-5-10(12)13)8(3)11(14)15;1-4-5-6-10-8(9)7(2)3;1-3-4(2)5(6)7/h4-5,7,9H,3,6H2,1-2H3,(H,12,13)(H,14,15);2,4-6H2,1,3H3;2-3H2,1H3,(H,6,7). The van der Waals surface area contributed by atoms with E-state index in [0.717, 1.165) is 18.9 Å². The van der Waals surface area contributed by atoms with E-state index in [-0.39, 0.29) is 23.0 Å². The lowest BCUT2D eigenvalue weighted by molar-refractivity contribution is -0.139. The van der Waals surface area contributed by atoms with Crippen LogP contribution in [0.25, 0.3) is 0 Å². The van der Waals surface area contributed by atoms with Crippen molar-refractivity contribution in [2.24, 2.45) is 11.8 Å². The number of hydrogen-bond donors (Lipinski definition) is 3. The lowest BCUT2D eigenvalue weighted by Gasteiger charge is -2.14. The number of unbranched alkanes of at least 4 members (excludes halogenated alkanes) is 1. The molecule has 0 rings (SSSR count). The lowest BCUT2D eigenvalue weighted by atomic mass is 9.90. The third-order valence-electron chi connectivity index (χ3n) is 3.73. The van der Waals surface area contributed by atoms with Gasteiger partial charge in [0.15, 0.2) is 0 Å². The van der Waals surface area contributed by atoms with Crippen LogP contribution in [0.4, 0.5) is 0 Å². The molecule has 8 nitrogen and oxygen atoms in total. The van der Waals surface area contributed by atoms with Crippen LogP contribution in [0.15, 0.2) is 48.6 Å². The van der Waals surface area contributed by atoms with Crippen LogP contribution in [-0.4, -0.2) is 45.8 Å². The first-order valence-electron chi connectivity index (χ1n) is 10.3. The SMILES string of the molecule is C=C(C(=O)O)C(C=CC(=O)O)CC(C)C.C=C(C)C(=O)OCCCC.C=C(CC)C(=O)O. The molecule has 0 aromatic heterocycles. The number of ether oxygens (including phenoxy) is 1. The minimum atomic E-state index is -1.09. The number of carbonyl (C=O) groups is 4. The van der Waals surface area contributed by atoms with Gasteiger partial charge < -0.3 is 20.1 Å². The van der Waals surface area contributed by atoms with Gasteiger partial charge in [-0.3, -0.25) is 0 Å². The average Bonchev–Trinajstić information content (AvgIpc) is 2.70. The summed E-state index contributed by atoms with van der Waals surface area (Å²) < 4.78 is 4.81. The number of carboxylic acids is 3. The summed E-state index contributed by atoms with van der Waals surface area (Å²) in [6.45, 7) is 20.0. The third kappa shape index (κ3) is 21.5. The Labute approximate surface area is 191 Å². The van der Waals surface area contributed by atoms with Crippen LogP contribution in [0.5, 0.6) is 0 Å². The van der Waals surface area contributed by atoms with Crippen LogP contribution in [0.3, 0.4) is 0 Å². The van der Waals surface area contributed by atoms with Crippen LogP contribution < -0.4 is 0 Å². The zero-order valence-corrected chi connectivity index (χ0v) is 19.8. The maximum Gasteiger partial charge on any atom is 0.333 e. The molecular weight excluding hydrogens is 416 g/mol. The number of aliphatic carboxylic acids is 3. The van der Waals surface area contributed by atoms with E-state index in [9.17, 15) is 19.2 Å². The summed E-state index contributed by atoms with van der Waals surface area (Å²) in [6.07, 6.45) is 5.41. The highest BCUT2D eigenvalue weighted by molar-refractivity contribution is 5.87. The van der Waals surface area contributed by atoms with Crippen molar-refractivity contribution in [1.82, 2.24) is 0 Å². The summed E-state index contributed by atoms with van der Waals surface area (Å²) >= 11 is 0. The Morgan fingerprint density at radius 2 is 1.50 bits per heavy atom. The van der Waals surface area contributed by atoms with Crippen molar-refractivity contribution in [3.63, 3.8) is 0 Å². The van der Waals surface area contributed by atoms with Gasteiger partial charge in [-0.05, 0) is 32.1 Å². The zero-order valence-electron chi connectivity index (χ0n) is 19.8. The fraction of sp³-hybridized carbons (Fsp3) is 0.500. The molecule has 0 aliphatic carbocycles. The van der Waals surface area contributed by atoms with E-state index >= 15 is 0 Å². The van der Waals surface area contributed by atoms with Gasteiger partial charge in [-0.25, -0.2) is 19.2 Å². The van der Waals surface area contributed by atoms with E-state index in [1.807, 2.05) is 13.8 Å². The molecule has 0 radical (unpaired) electrons. The second-order valence-corrected chi connectivity index (χ2v) is 7.30. The van der Waals surface area contributed by atoms with Crippen molar-refractivity contribution in [3.05, 3.63) is 48.6 Å². The van der Waals surface area contributed by atoms with E-state index in [1.165, 1.54) is 6.08 Å². The molecule has 0 amide bonds. The number of hydrogen-bond acceptors (Lipinski definition) is 5. The molecule has 182 valence electrons. The molecule has 0 bridgehead atoms. The summed E-state index contributed by atoms with van der Waals surface area (Å²) in [5.74, 6) is -3.49. The Bertz CT molecular complexity index is 686. The lowest BCUT2D eigenvalue weighted by Crippen LogP contribution is -2.12. The van der Waals surface area contributed by atoms with Crippen molar-refractivity contribution in [2.75, 3.05) is 6.61 Å². The monoisotopic (exact) mass is 454 g/mol. The zero-order chi connectivity index (χ0) is 25.9. The fourth-order valence-corrected chi connectivity index (χ4v) is 1.79. The molecule has 0 aromatic rings. The number of carboxylic acid groups (broad SMARTS) is 3.